The van der Waals surface area contributed by atoms with E-state index in [-0.39, 0.29) is 80.4 Å². The molecule has 17 rings (SSSR count). The number of pyridine rings is 8. The van der Waals surface area contributed by atoms with E-state index in [1.165, 1.54) is 96.9 Å². The molecule has 1 aliphatic rings. The molecule has 720 valence electrons. The molecule has 8 heterocycles. The predicted octanol–water partition coefficient (Wildman–Crippen LogP) is 29.6. The third-order valence-electron chi connectivity index (χ3n) is 23.1. The van der Waals surface area contributed by atoms with Gasteiger partial charge in [0.25, 0.3) is 0 Å². The van der Waals surface area contributed by atoms with Crippen LogP contribution in [0.1, 0.15) is 146 Å². The molecule has 1 fully saturated rings. The molecule has 0 aliphatic heterocycles. The first-order chi connectivity index (χ1) is 63.5. The molecule has 8 nitrogen and oxygen atoms in total. The van der Waals surface area contributed by atoms with E-state index in [0.29, 0.717) is 11.8 Å². The van der Waals surface area contributed by atoms with E-state index in [1.54, 1.807) is 35.5 Å². The minimum atomic E-state index is -1.38. The van der Waals surface area contributed by atoms with Gasteiger partial charge in [-0.15, -0.1) is 284 Å². The van der Waals surface area contributed by atoms with Crippen LogP contribution in [-0.2, 0) is 86.8 Å². The minimum absolute atomic E-state index is 0. The summed E-state index contributed by atoms with van der Waals surface area (Å²) in [7, 11) is -5.40. The summed E-state index contributed by atoms with van der Waals surface area (Å²) in [6.07, 6.45) is 23.4. The molecule has 1 saturated carbocycles. The molecule has 0 amide bonds. The van der Waals surface area contributed by atoms with Gasteiger partial charge in [-0.25, -0.2) is 0 Å². The van der Waals surface area contributed by atoms with Crippen LogP contribution in [0.25, 0.3) is 90.1 Å². The van der Waals surface area contributed by atoms with Crippen LogP contribution in [0, 0.1) is 97.0 Å². The predicted molar refractivity (Wildman–Crippen MR) is 577 cm³/mol. The van der Waals surface area contributed by atoms with Crippen molar-refractivity contribution in [1.29, 1.82) is 0 Å². The summed E-state index contributed by atoms with van der Waals surface area (Å²) in [5.74, 6) is 1.85. The molecular formula is C121H136Ir4N8Si4-8. The minimum Gasteiger partial charge on any atom is -0.305 e. The van der Waals surface area contributed by atoms with Crippen LogP contribution >= 0.6 is 0 Å². The average molecular weight is 2580 g/mol. The Morgan fingerprint density at radius 1 is 0.299 bits per heavy atom. The van der Waals surface area contributed by atoms with Gasteiger partial charge in [0.15, 0.2) is 0 Å². The summed E-state index contributed by atoms with van der Waals surface area (Å²) >= 11 is 0. The van der Waals surface area contributed by atoms with Crippen molar-refractivity contribution in [2.45, 2.75) is 218 Å². The summed E-state index contributed by atoms with van der Waals surface area (Å²) in [4.78, 5) is 35.9. The van der Waals surface area contributed by atoms with Crippen molar-refractivity contribution >= 4 is 53.0 Å². The summed E-state index contributed by atoms with van der Waals surface area (Å²) in [5.41, 5.74) is 31.3. The zero-order valence-electron chi connectivity index (χ0n) is 84.7. The fourth-order valence-electron chi connectivity index (χ4n) is 16.1. The number of aromatic nitrogens is 8. The van der Waals surface area contributed by atoms with Crippen LogP contribution in [0.5, 0.6) is 0 Å². The third kappa shape index (κ3) is 36.5. The van der Waals surface area contributed by atoms with Gasteiger partial charge in [0.2, 0.25) is 0 Å². The molecule has 16 aromatic rings. The Hall–Kier alpha value is -9.58. The van der Waals surface area contributed by atoms with E-state index in [0.717, 1.165) is 109 Å². The number of rotatable bonds is 17. The largest absolute Gasteiger partial charge is 0.305 e. The van der Waals surface area contributed by atoms with Crippen molar-refractivity contribution in [1.82, 2.24) is 39.9 Å². The van der Waals surface area contributed by atoms with Crippen molar-refractivity contribution in [3.8, 4) is 90.1 Å². The van der Waals surface area contributed by atoms with Gasteiger partial charge in [-0.05, 0) is 134 Å². The van der Waals surface area contributed by atoms with Crippen LogP contribution in [0.2, 0.25) is 78.6 Å². The maximum atomic E-state index is 4.78. The summed E-state index contributed by atoms with van der Waals surface area (Å²) < 4.78 is 0. The fourth-order valence-corrected chi connectivity index (χ4v) is 22.7. The Bertz CT molecular complexity index is 5740. The number of benzene rings is 8. The van der Waals surface area contributed by atoms with E-state index in [4.69, 9.17) is 19.9 Å². The Balaban J connectivity index is 0.000000242. The Labute approximate surface area is 881 Å². The molecule has 16 heteroatoms. The van der Waals surface area contributed by atoms with Crippen LogP contribution in [0.4, 0.5) is 0 Å². The number of hydrogen-bond acceptors (Lipinski definition) is 8. The average Bonchev–Trinajstić information content (AvgIpc) is 1.10. The van der Waals surface area contributed by atoms with Gasteiger partial charge in [0.1, 0.15) is 0 Å². The molecule has 0 spiro atoms. The first kappa shape index (κ1) is 116. The maximum Gasteiger partial charge on any atom is 0.0799 e. The summed E-state index contributed by atoms with van der Waals surface area (Å²) in [5, 5.41) is 6.00. The SMILES string of the molecule is CCC(C)c1cc(-c2[c-]c(C)cc(C)c2)ncc1[Si](C)(C)C.CCc1cc(-c2[c-]c(C)cc(C)c2)ncc1[Si](C)(C)C.Cc1[c-]c(-c2cc(C(C)C)c([Si](C)(C)C)cn2)cc(C)c1.Cc1c[c-]c(-c2cc(C3CCCC3)c([Si](C)(C)C)cn2)cc1.[Ir].[Ir].[Ir].[Ir].[c-]1ccccc1-c1ccccn1.[c-]1ccccc1-c1ccccn1.[c-]1ccccc1-c1ccccn1.[c-]1ccccc1-c1ccccn1. The van der Waals surface area contributed by atoms with Gasteiger partial charge in [0, 0.05) is 130 Å². The van der Waals surface area contributed by atoms with E-state index in [9.17, 15) is 0 Å². The van der Waals surface area contributed by atoms with E-state index < -0.39 is 32.3 Å². The molecule has 0 bridgehead atoms. The fraction of sp³-hybridized carbons (Fsp3) is 0.273. The molecule has 1 aliphatic carbocycles. The first-order valence-corrected chi connectivity index (χ1v) is 61.1. The maximum absolute atomic E-state index is 4.78. The van der Waals surface area contributed by atoms with Crippen LogP contribution < -0.4 is 20.7 Å². The van der Waals surface area contributed by atoms with Crippen molar-refractivity contribution in [3.63, 3.8) is 0 Å². The smallest absolute Gasteiger partial charge is 0.0799 e. The van der Waals surface area contributed by atoms with Gasteiger partial charge < -0.3 is 39.9 Å². The van der Waals surface area contributed by atoms with E-state index >= 15 is 0 Å². The Morgan fingerprint density at radius 3 is 0.905 bits per heavy atom. The standard InChI is InChI=1S/C20H26NSi.C20H28NSi.C19H26NSi.C18H24NSi.4C11H8N.4Ir/c1-15-9-11-17(12-10-15)19-13-18(16-7-5-6-8-16)20(14-21-19)22(2,3)4;1-8-16(4)18-12-19(21-13-20(18)22(5,6)7)17-10-14(2)9-15(3)11-17;1-13(2)17-11-18(20-12-19(17)21(5,6)7)16-9-14(3)8-15(4)10-16;1-7-15-11-17(19-12-18(15)20(4,5)6)16-9-13(2)8-14(3)10-16;4*1-2-6-10(7-3-1)11-8-4-5-9-12-11;;;;/h9-11,13-14,16H,5-8H2,1-4H3;9-10,12-13,16H,8H2,1-7H3;8-9,11-13H,1-7H3;8-9,11-12H,7H2,1-6H3;4*1-6,8-9H;;;;/q8*-1;;;;. The number of aryl methyl sites for hydroxylation is 8. The monoisotopic (exact) mass is 2580 g/mol. The second-order valence-corrected chi connectivity index (χ2v) is 59.2. The van der Waals surface area contributed by atoms with Crippen molar-refractivity contribution in [2.75, 3.05) is 0 Å². The second kappa shape index (κ2) is 56.6. The number of hydrogen-bond donors (Lipinski definition) is 0. The van der Waals surface area contributed by atoms with Crippen molar-refractivity contribution in [3.05, 3.63) is 408 Å². The molecular weight excluding hydrogens is 2450 g/mol. The molecule has 1 unspecified atom stereocenters. The zero-order chi connectivity index (χ0) is 95.8. The topological polar surface area (TPSA) is 103 Å². The van der Waals surface area contributed by atoms with Gasteiger partial charge in [-0.3, -0.25) is 0 Å². The summed E-state index contributed by atoms with van der Waals surface area (Å²) in [6.45, 7) is 54.9. The number of nitrogens with zero attached hydrogens (tertiary/aromatic N) is 8. The molecule has 8 aromatic heterocycles. The van der Waals surface area contributed by atoms with Gasteiger partial charge >= 0.3 is 0 Å². The van der Waals surface area contributed by atoms with Crippen LogP contribution in [0.3, 0.4) is 0 Å². The summed E-state index contributed by atoms with van der Waals surface area (Å²) in [6, 6.07) is 110. The Kier molecular flexibility index (Phi) is 48.0. The van der Waals surface area contributed by atoms with Crippen molar-refractivity contribution in [2.24, 2.45) is 0 Å². The van der Waals surface area contributed by atoms with Crippen LogP contribution in [-0.4, -0.2) is 72.2 Å². The normalized spacial score (nSPS) is 11.7. The molecule has 137 heavy (non-hydrogen) atoms. The van der Waals surface area contributed by atoms with Crippen LogP contribution in [0.15, 0.2) is 298 Å². The van der Waals surface area contributed by atoms with E-state index in [1.807, 2.05) is 170 Å². The molecule has 0 N–H and O–H groups in total. The molecule has 8 aromatic carbocycles. The van der Waals surface area contributed by atoms with E-state index in [2.05, 4.69) is 334 Å². The molecule has 0 saturated heterocycles. The zero-order valence-corrected chi connectivity index (χ0v) is 98.3. The van der Waals surface area contributed by atoms with Crippen molar-refractivity contribution < 1.29 is 80.4 Å². The van der Waals surface area contributed by atoms with Gasteiger partial charge in [0.05, 0.1) is 32.3 Å². The third-order valence-corrected chi connectivity index (χ3v) is 31.3. The molecule has 1 atom stereocenters. The second-order valence-electron chi connectivity index (χ2n) is 39.0. The Morgan fingerprint density at radius 2 is 0.613 bits per heavy atom. The van der Waals surface area contributed by atoms with Gasteiger partial charge in [-0.1, -0.05) is 270 Å². The van der Waals surface area contributed by atoms with Gasteiger partial charge in [-0.2, -0.15) is 0 Å². The molecule has 4 radical (unpaired) electrons. The first-order valence-electron chi connectivity index (χ1n) is 47.1. The quantitative estimate of drug-likeness (QED) is 0.0656.